The van der Waals surface area contributed by atoms with Crippen LogP contribution in [0.5, 0.6) is 0 Å². The quantitative estimate of drug-likeness (QED) is 0.737. The SMILES string of the molecule is Cc1cc(C(=O)NC(C)(C)CN)on1. The Kier molecular flexibility index (Phi) is 2.90. The van der Waals surface area contributed by atoms with E-state index < -0.39 is 5.54 Å². The normalized spacial score (nSPS) is 11.4. The van der Waals surface area contributed by atoms with Gasteiger partial charge < -0.3 is 15.6 Å². The van der Waals surface area contributed by atoms with Gasteiger partial charge >= 0.3 is 0 Å². The molecule has 1 amide bonds. The van der Waals surface area contributed by atoms with Gasteiger partial charge in [-0.25, -0.2) is 0 Å². The van der Waals surface area contributed by atoms with Gasteiger partial charge in [0.15, 0.2) is 0 Å². The summed E-state index contributed by atoms with van der Waals surface area (Å²) >= 11 is 0. The standard InChI is InChI=1S/C9H15N3O2/c1-6-4-7(14-12-6)8(13)11-9(2,3)5-10/h4H,5,10H2,1-3H3,(H,11,13). The highest BCUT2D eigenvalue weighted by molar-refractivity contribution is 5.91. The number of nitrogens with zero attached hydrogens (tertiary/aromatic N) is 1. The third-order valence-electron chi connectivity index (χ3n) is 1.81. The predicted octanol–water partition coefficient (Wildman–Crippen LogP) is 0.450. The molecule has 1 heterocycles. The van der Waals surface area contributed by atoms with Gasteiger partial charge in [-0.1, -0.05) is 5.16 Å². The zero-order valence-electron chi connectivity index (χ0n) is 8.63. The molecule has 0 saturated heterocycles. The van der Waals surface area contributed by atoms with Crippen molar-refractivity contribution in [2.75, 3.05) is 6.54 Å². The number of aromatic nitrogens is 1. The lowest BCUT2D eigenvalue weighted by molar-refractivity contribution is 0.0878. The highest BCUT2D eigenvalue weighted by Gasteiger charge is 2.21. The van der Waals surface area contributed by atoms with E-state index >= 15 is 0 Å². The Bertz CT molecular complexity index is 331. The fourth-order valence-electron chi connectivity index (χ4n) is 0.891. The van der Waals surface area contributed by atoms with E-state index in [4.69, 9.17) is 10.3 Å². The van der Waals surface area contributed by atoms with Crippen LogP contribution in [-0.4, -0.2) is 23.1 Å². The van der Waals surface area contributed by atoms with Gasteiger partial charge in [0.1, 0.15) is 0 Å². The smallest absolute Gasteiger partial charge is 0.290 e. The molecule has 0 aliphatic heterocycles. The summed E-state index contributed by atoms with van der Waals surface area (Å²) in [6, 6.07) is 1.59. The maximum Gasteiger partial charge on any atom is 0.290 e. The van der Waals surface area contributed by atoms with Crippen molar-refractivity contribution in [2.45, 2.75) is 26.3 Å². The molecule has 1 aromatic rings. The number of hydrogen-bond donors (Lipinski definition) is 2. The minimum atomic E-state index is -0.433. The van der Waals surface area contributed by atoms with Crippen LogP contribution in [0.3, 0.4) is 0 Å². The number of carbonyl (C=O) groups is 1. The summed E-state index contributed by atoms with van der Waals surface area (Å²) in [7, 11) is 0. The fraction of sp³-hybridized carbons (Fsp3) is 0.556. The Balaban J connectivity index is 2.68. The summed E-state index contributed by atoms with van der Waals surface area (Å²) in [6.07, 6.45) is 0. The number of carbonyl (C=O) groups excluding carboxylic acids is 1. The first-order valence-corrected chi connectivity index (χ1v) is 4.40. The molecule has 1 rings (SSSR count). The van der Waals surface area contributed by atoms with Crippen molar-refractivity contribution in [2.24, 2.45) is 5.73 Å². The average molecular weight is 197 g/mol. The highest BCUT2D eigenvalue weighted by atomic mass is 16.5. The Morgan fingerprint density at radius 2 is 2.36 bits per heavy atom. The minimum absolute atomic E-state index is 0.212. The van der Waals surface area contributed by atoms with Crippen molar-refractivity contribution in [1.82, 2.24) is 10.5 Å². The highest BCUT2D eigenvalue weighted by Crippen LogP contribution is 2.05. The molecule has 0 aromatic carbocycles. The third-order valence-corrected chi connectivity index (χ3v) is 1.81. The van der Waals surface area contributed by atoms with Crippen molar-refractivity contribution in [3.05, 3.63) is 17.5 Å². The second-order valence-electron chi connectivity index (χ2n) is 3.87. The van der Waals surface area contributed by atoms with Gasteiger partial charge in [0.2, 0.25) is 5.76 Å². The molecule has 0 fully saturated rings. The van der Waals surface area contributed by atoms with Crippen LogP contribution in [0.2, 0.25) is 0 Å². The van der Waals surface area contributed by atoms with Gasteiger partial charge in [-0.3, -0.25) is 4.79 Å². The molecule has 78 valence electrons. The molecule has 5 heteroatoms. The summed E-state index contributed by atoms with van der Waals surface area (Å²) in [6.45, 7) is 5.81. The van der Waals surface area contributed by atoms with Gasteiger partial charge in [0, 0.05) is 18.2 Å². The van der Waals surface area contributed by atoms with E-state index in [1.807, 2.05) is 13.8 Å². The number of nitrogens with two attached hydrogens (primary N) is 1. The summed E-state index contributed by atoms with van der Waals surface area (Å²) in [5, 5.41) is 6.36. The van der Waals surface area contributed by atoms with E-state index in [-0.39, 0.29) is 11.7 Å². The molecule has 3 N–H and O–H groups in total. The van der Waals surface area contributed by atoms with Gasteiger partial charge in [0.05, 0.1) is 5.69 Å². The van der Waals surface area contributed by atoms with Crippen molar-refractivity contribution in [3.8, 4) is 0 Å². The first-order valence-electron chi connectivity index (χ1n) is 4.40. The molecule has 0 spiro atoms. The zero-order chi connectivity index (χ0) is 10.8. The largest absolute Gasteiger partial charge is 0.351 e. The Morgan fingerprint density at radius 1 is 1.71 bits per heavy atom. The van der Waals surface area contributed by atoms with Gasteiger partial charge in [-0.05, 0) is 20.8 Å². The lowest BCUT2D eigenvalue weighted by Gasteiger charge is -2.23. The molecule has 0 saturated carbocycles. The Morgan fingerprint density at radius 3 is 2.79 bits per heavy atom. The van der Waals surface area contributed by atoms with Crippen LogP contribution in [0.25, 0.3) is 0 Å². The van der Waals surface area contributed by atoms with Crippen LogP contribution >= 0.6 is 0 Å². The summed E-state index contributed by atoms with van der Waals surface area (Å²) in [5.74, 6) is -0.0786. The average Bonchev–Trinajstić information content (AvgIpc) is 2.51. The molecular weight excluding hydrogens is 182 g/mol. The van der Waals surface area contributed by atoms with E-state index in [1.54, 1.807) is 13.0 Å². The molecule has 1 aromatic heterocycles. The monoisotopic (exact) mass is 197 g/mol. The van der Waals surface area contributed by atoms with Crippen molar-refractivity contribution in [1.29, 1.82) is 0 Å². The molecule has 0 atom stereocenters. The first-order chi connectivity index (χ1) is 6.44. The van der Waals surface area contributed by atoms with Gasteiger partial charge in [-0.15, -0.1) is 0 Å². The predicted molar refractivity (Wildman–Crippen MR) is 51.8 cm³/mol. The van der Waals surface area contributed by atoms with Crippen molar-refractivity contribution >= 4 is 5.91 Å². The van der Waals surface area contributed by atoms with Crippen LogP contribution in [0, 0.1) is 6.92 Å². The molecule has 0 aliphatic carbocycles. The number of amides is 1. The van der Waals surface area contributed by atoms with Crippen LogP contribution in [0.15, 0.2) is 10.6 Å². The molecule has 0 aliphatic rings. The third kappa shape index (κ3) is 2.56. The van der Waals surface area contributed by atoms with Crippen molar-refractivity contribution < 1.29 is 9.32 Å². The molecule has 0 unspecified atom stereocenters. The topological polar surface area (TPSA) is 81.2 Å². The van der Waals surface area contributed by atoms with Crippen molar-refractivity contribution in [3.63, 3.8) is 0 Å². The number of aryl methyl sites for hydroxylation is 1. The van der Waals surface area contributed by atoms with E-state index in [9.17, 15) is 4.79 Å². The molecular formula is C9H15N3O2. The summed E-state index contributed by atoms with van der Waals surface area (Å²) < 4.78 is 4.81. The molecule has 0 bridgehead atoms. The Labute approximate surface area is 82.6 Å². The fourth-order valence-corrected chi connectivity index (χ4v) is 0.891. The summed E-state index contributed by atoms with van der Waals surface area (Å²) in [5.41, 5.74) is 5.73. The second kappa shape index (κ2) is 3.79. The van der Waals surface area contributed by atoms with Gasteiger partial charge in [0.25, 0.3) is 5.91 Å². The number of rotatable bonds is 3. The van der Waals surface area contributed by atoms with E-state index in [0.29, 0.717) is 12.2 Å². The summed E-state index contributed by atoms with van der Waals surface area (Å²) in [4.78, 5) is 11.5. The van der Waals surface area contributed by atoms with Gasteiger partial charge in [-0.2, -0.15) is 0 Å². The molecule has 0 radical (unpaired) electrons. The zero-order valence-corrected chi connectivity index (χ0v) is 8.63. The van der Waals surface area contributed by atoms with E-state index in [0.717, 1.165) is 0 Å². The first kappa shape index (κ1) is 10.7. The van der Waals surface area contributed by atoms with Crippen LogP contribution in [0.4, 0.5) is 0 Å². The lowest BCUT2D eigenvalue weighted by Crippen LogP contribution is -2.48. The number of hydrogen-bond acceptors (Lipinski definition) is 4. The maximum absolute atomic E-state index is 11.5. The number of nitrogens with one attached hydrogen (secondary N) is 1. The Hall–Kier alpha value is -1.36. The molecule has 14 heavy (non-hydrogen) atoms. The van der Waals surface area contributed by atoms with Crippen LogP contribution < -0.4 is 11.1 Å². The van der Waals surface area contributed by atoms with E-state index in [2.05, 4.69) is 10.5 Å². The lowest BCUT2D eigenvalue weighted by atomic mass is 10.1. The van der Waals surface area contributed by atoms with Crippen LogP contribution in [-0.2, 0) is 0 Å². The maximum atomic E-state index is 11.5. The minimum Gasteiger partial charge on any atom is -0.351 e. The van der Waals surface area contributed by atoms with Crippen LogP contribution in [0.1, 0.15) is 30.1 Å². The molecule has 5 nitrogen and oxygen atoms in total. The van der Waals surface area contributed by atoms with E-state index in [1.165, 1.54) is 0 Å². The second-order valence-corrected chi connectivity index (χ2v) is 3.87.